The largest absolute Gasteiger partial charge is 0.355 e. The molecule has 0 aromatic rings. The van der Waals surface area contributed by atoms with Crippen molar-refractivity contribution < 1.29 is 9.59 Å². The first-order valence-electron chi connectivity index (χ1n) is 4.66. The number of nitrogens with one attached hydrogen (secondary N) is 2. The third-order valence-corrected chi connectivity index (χ3v) is 2.71. The van der Waals surface area contributed by atoms with Crippen LogP contribution in [0, 0.1) is 0 Å². The predicted molar refractivity (Wildman–Crippen MR) is 56.8 cm³/mol. The van der Waals surface area contributed by atoms with Crippen molar-refractivity contribution in [3.8, 4) is 0 Å². The summed E-state index contributed by atoms with van der Waals surface area (Å²) in [4.78, 5) is 30.3. The first-order valence-corrected chi connectivity index (χ1v) is 4.66. The molecule has 86 valence electrons. The summed E-state index contributed by atoms with van der Waals surface area (Å²) < 4.78 is 0. The number of amides is 3. The molecule has 2 heterocycles. The van der Waals surface area contributed by atoms with Crippen molar-refractivity contribution in [3.63, 3.8) is 0 Å². The van der Waals surface area contributed by atoms with Gasteiger partial charge in [-0.2, -0.15) is 5.10 Å². The second-order valence-corrected chi connectivity index (χ2v) is 3.47. The molecule has 8 heteroatoms. The number of fused-ring (bicyclic) bond motifs is 1. The van der Waals surface area contributed by atoms with Crippen molar-refractivity contribution in [1.82, 2.24) is 20.5 Å². The Kier molecular flexibility index (Phi) is 2.07. The molecule has 2 N–H and O–H groups in total. The number of hydrogen-bond acceptors (Lipinski definition) is 5. The minimum Gasteiger partial charge on any atom is -0.355 e. The molecule has 8 nitrogen and oxygen atoms in total. The van der Waals surface area contributed by atoms with Gasteiger partial charge in [-0.05, 0) is 0 Å². The average molecular weight is 224 g/mol. The number of hydrogen-bond donors (Lipinski definition) is 2. The Hall–Kier alpha value is -2.12. The molecule has 1 atom stereocenters. The van der Waals surface area contributed by atoms with Gasteiger partial charge in [-0.25, -0.2) is 9.79 Å². The number of urea groups is 1. The van der Waals surface area contributed by atoms with Gasteiger partial charge in [0.15, 0.2) is 5.84 Å². The van der Waals surface area contributed by atoms with E-state index in [1.807, 2.05) is 0 Å². The molecular weight excluding hydrogens is 212 g/mol. The Morgan fingerprint density at radius 1 is 1.56 bits per heavy atom. The number of hydrazone groups is 1. The summed E-state index contributed by atoms with van der Waals surface area (Å²) in [5, 5.41) is 6.42. The molecule has 0 aromatic carbocycles. The van der Waals surface area contributed by atoms with Gasteiger partial charge in [0.05, 0.1) is 0 Å². The summed E-state index contributed by atoms with van der Waals surface area (Å²) in [5.74, 6) is -0.133. The molecule has 0 radical (unpaired) electrons. The molecule has 2 aliphatic rings. The number of aliphatic imine (C=N–C) groups is 1. The highest BCUT2D eigenvalue weighted by molar-refractivity contribution is 6.22. The zero-order chi connectivity index (χ0) is 11.9. The number of likely N-dealkylation sites (N-methyl/N-ethyl adjacent to an activating group) is 3. The van der Waals surface area contributed by atoms with Crippen LogP contribution in [0.2, 0.25) is 0 Å². The second kappa shape index (κ2) is 3.19. The van der Waals surface area contributed by atoms with Crippen LogP contribution in [-0.4, -0.2) is 60.7 Å². The smallest absolute Gasteiger partial charge is 0.327 e. The monoisotopic (exact) mass is 224 g/mol. The summed E-state index contributed by atoms with van der Waals surface area (Å²) in [6.45, 7) is 0. The minimum atomic E-state index is -1.38. The van der Waals surface area contributed by atoms with Gasteiger partial charge in [0.25, 0.3) is 11.6 Å². The van der Waals surface area contributed by atoms with Crippen LogP contribution in [-0.2, 0) is 4.79 Å². The van der Waals surface area contributed by atoms with Crippen LogP contribution in [0.25, 0.3) is 0 Å². The molecule has 1 fully saturated rings. The highest BCUT2D eigenvalue weighted by atomic mass is 16.2. The van der Waals surface area contributed by atoms with Gasteiger partial charge in [0.1, 0.15) is 6.34 Å². The molecule has 0 aliphatic carbocycles. The number of carbonyl (C=O) groups is 2. The van der Waals surface area contributed by atoms with Crippen molar-refractivity contribution >= 4 is 24.1 Å². The summed E-state index contributed by atoms with van der Waals surface area (Å²) in [5.41, 5.74) is 1.14. The molecule has 2 rings (SSSR count). The van der Waals surface area contributed by atoms with Crippen molar-refractivity contribution in [1.29, 1.82) is 0 Å². The van der Waals surface area contributed by atoms with E-state index in [4.69, 9.17) is 0 Å². The summed E-state index contributed by atoms with van der Waals surface area (Å²) in [7, 11) is 4.55. The second-order valence-electron chi connectivity index (χ2n) is 3.47. The Balaban J connectivity index is 2.58. The lowest BCUT2D eigenvalue weighted by Crippen LogP contribution is -2.59. The maximum atomic E-state index is 11.9. The number of rotatable bonds is 1. The SMILES string of the molecule is CNC(=O)[C@]12N=CNN=C1N(C)C(=O)N2C. The van der Waals surface area contributed by atoms with Crippen LogP contribution in [0.4, 0.5) is 4.79 Å². The van der Waals surface area contributed by atoms with Crippen LogP contribution >= 0.6 is 0 Å². The quantitative estimate of drug-likeness (QED) is 0.560. The third kappa shape index (κ3) is 0.980. The Morgan fingerprint density at radius 2 is 2.25 bits per heavy atom. The van der Waals surface area contributed by atoms with E-state index in [0.717, 1.165) is 0 Å². The maximum absolute atomic E-state index is 11.9. The summed E-state index contributed by atoms with van der Waals surface area (Å²) >= 11 is 0. The molecule has 0 aromatic heterocycles. The molecule has 3 amide bonds. The number of nitrogens with zero attached hydrogens (tertiary/aromatic N) is 4. The highest BCUT2D eigenvalue weighted by Crippen LogP contribution is 2.29. The fraction of sp³-hybridized carbons (Fsp3) is 0.500. The zero-order valence-electron chi connectivity index (χ0n) is 9.18. The van der Waals surface area contributed by atoms with Crippen molar-refractivity contribution in [2.24, 2.45) is 10.1 Å². The topological polar surface area (TPSA) is 89.4 Å². The van der Waals surface area contributed by atoms with Gasteiger partial charge >= 0.3 is 6.03 Å². The fourth-order valence-corrected chi connectivity index (χ4v) is 1.83. The van der Waals surface area contributed by atoms with Crippen LogP contribution in [0.3, 0.4) is 0 Å². The standard InChI is InChI=1S/C8H12N6O2/c1-9-6(15)8-5(12-11-4-10-8)13(2)7(16)14(8)3/h4H,1-3H3,(H,9,15)(H,10,11)/t8-/m0/s1. The van der Waals surface area contributed by atoms with E-state index in [1.54, 1.807) is 7.05 Å². The first-order chi connectivity index (χ1) is 7.55. The fourth-order valence-electron chi connectivity index (χ4n) is 1.83. The van der Waals surface area contributed by atoms with Crippen LogP contribution < -0.4 is 10.7 Å². The molecule has 0 unspecified atom stereocenters. The molecule has 0 spiro atoms. The van der Waals surface area contributed by atoms with Crippen LogP contribution in [0.5, 0.6) is 0 Å². The van der Waals surface area contributed by atoms with Gasteiger partial charge in [0.2, 0.25) is 0 Å². The normalized spacial score (nSPS) is 27.4. The van der Waals surface area contributed by atoms with Crippen molar-refractivity contribution in [3.05, 3.63) is 0 Å². The number of amidine groups is 1. The Bertz CT molecular complexity index is 417. The van der Waals surface area contributed by atoms with E-state index in [2.05, 4.69) is 20.8 Å². The van der Waals surface area contributed by atoms with E-state index in [1.165, 1.54) is 30.2 Å². The van der Waals surface area contributed by atoms with Crippen molar-refractivity contribution in [2.45, 2.75) is 5.66 Å². The lowest BCUT2D eigenvalue weighted by molar-refractivity contribution is -0.126. The lowest BCUT2D eigenvalue weighted by atomic mass is 10.1. The van der Waals surface area contributed by atoms with Gasteiger partial charge < -0.3 is 5.32 Å². The third-order valence-electron chi connectivity index (χ3n) is 2.71. The number of carbonyl (C=O) groups excluding carboxylic acids is 2. The lowest BCUT2D eigenvalue weighted by Gasteiger charge is -2.29. The molecule has 16 heavy (non-hydrogen) atoms. The maximum Gasteiger partial charge on any atom is 0.327 e. The minimum absolute atomic E-state index is 0.266. The highest BCUT2D eigenvalue weighted by Gasteiger charge is 2.58. The first kappa shape index (κ1) is 10.4. The summed E-state index contributed by atoms with van der Waals surface area (Å²) in [6.07, 6.45) is 1.29. The Morgan fingerprint density at radius 3 is 2.88 bits per heavy atom. The Labute approximate surface area is 92.0 Å². The van der Waals surface area contributed by atoms with Crippen molar-refractivity contribution in [2.75, 3.05) is 21.1 Å². The van der Waals surface area contributed by atoms with E-state index >= 15 is 0 Å². The van der Waals surface area contributed by atoms with E-state index < -0.39 is 11.6 Å². The van der Waals surface area contributed by atoms with Crippen LogP contribution in [0.1, 0.15) is 0 Å². The molecule has 1 saturated heterocycles. The average Bonchev–Trinajstić information content (AvgIpc) is 2.52. The van der Waals surface area contributed by atoms with E-state index in [-0.39, 0.29) is 11.9 Å². The molecule has 0 saturated carbocycles. The van der Waals surface area contributed by atoms with Gasteiger partial charge in [0, 0.05) is 21.1 Å². The molecule has 2 aliphatic heterocycles. The molecule has 0 bridgehead atoms. The van der Waals surface area contributed by atoms with Crippen LogP contribution in [0.15, 0.2) is 10.1 Å². The van der Waals surface area contributed by atoms with E-state index in [0.29, 0.717) is 0 Å². The van der Waals surface area contributed by atoms with Gasteiger partial charge in [-0.3, -0.25) is 20.0 Å². The summed E-state index contributed by atoms with van der Waals surface area (Å²) in [6, 6.07) is -0.330. The zero-order valence-corrected chi connectivity index (χ0v) is 9.18. The molecular formula is C8H12N6O2. The predicted octanol–water partition coefficient (Wildman–Crippen LogP) is -1.63. The van der Waals surface area contributed by atoms with Gasteiger partial charge in [-0.1, -0.05) is 0 Å². The van der Waals surface area contributed by atoms with E-state index in [9.17, 15) is 9.59 Å². The van der Waals surface area contributed by atoms with Gasteiger partial charge in [-0.15, -0.1) is 0 Å².